The van der Waals surface area contributed by atoms with Crippen LogP contribution in [0.1, 0.15) is 49.5 Å². The van der Waals surface area contributed by atoms with Gasteiger partial charge < -0.3 is 37.2 Å². The highest BCUT2D eigenvalue weighted by Crippen LogP contribution is 2.45. The number of likely N-dealkylation sites (tertiary alicyclic amines) is 1. The first kappa shape index (κ1) is 25.0. The van der Waals surface area contributed by atoms with E-state index in [0.717, 1.165) is 10.5 Å². The van der Waals surface area contributed by atoms with Gasteiger partial charge in [-0.25, -0.2) is 9.98 Å². The Kier molecular flexibility index (Phi) is 5.50. The monoisotopic (exact) mass is 512 g/mol. The number of nitrogens with one attached hydrogen (secondary N) is 2. The zero-order chi connectivity index (χ0) is 26.9. The Bertz CT molecular complexity index is 1220. The molecule has 0 saturated carbocycles. The highest BCUT2D eigenvalue weighted by Gasteiger charge is 2.73. The maximum atomic E-state index is 13.2. The molecule has 0 bridgehead atoms. The van der Waals surface area contributed by atoms with Crippen LogP contribution in [0.5, 0.6) is 0 Å². The number of hydrogen-bond donors (Lipinski definition) is 6. The third-order valence-electron chi connectivity index (χ3n) is 7.62. The zero-order valence-electron chi connectivity index (χ0n) is 20.9. The van der Waals surface area contributed by atoms with Crippen LogP contribution >= 0.6 is 0 Å². The summed E-state index contributed by atoms with van der Waals surface area (Å²) < 4.78 is 0. The fraction of sp³-hybridized carbons (Fsp3) is 0.542. The van der Waals surface area contributed by atoms with Crippen molar-refractivity contribution in [1.82, 2.24) is 20.4 Å². The van der Waals surface area contributed by atoms with Gasteiger partial charge in [0.05, 0.1) is 12.6 Å². The zero-order valence-corrected chi connectivity index (χ0v) is 20.9. The lowest BCUT2D eigenvalue weighted by Crippen LogP contribution is -2.78. The van der Waals surface area contributed by atoms with Crippen molar-refractivity contribution >= 4 is 29.6 Å². The molecule has 8 N–H and O–H groups in total. The number of amides is 3. The highest BCUT2D eigenvalue weighted by molar-refractivity contribution is 6.02. The summed E-state index contributed by atoms with van der Waals surface area (Å²) in [6.45, 7) is 5.85. The molecule has 3 amide bonds. The minimum Gasteiger partial charge on any atom is -0.370 e. The van der Waals surface area contributed by atoms with Crippen molar-refractivity contribution in [2.45, 2.75) is 68.6 Å². The molecule has 4 heterocycles. The van der Waals surface area contributed by atoms with Crippen LogP contribution in [0.3, 0.4) is 0 Å². The number of aliphatic hydroxyl groups is 2. The largest absolute Gasteiger partial charge is 0.370 e. The van der Waals surface area contributed by atoms with Gasteiger partial charge >= 0.3 is 0 Å². The van der Waals surface area contributed by atoms with E-state index >= 15 is 0 Å². The van der Waals surface area contributed by atoms with E-state index in [-0.39, 0.29) is 55.1 Å². The molecule has 0 aliphatic carbocycles. The predicted octanol–water partition coefficient (Wildman–Crippen LogP) is -2.09. The fourth-order valence-corrected chi connectivity index (χ4v) is 5.62. The van der Waals surface area contributed by atoms with E-state index in [1.165, 1.54) is 4.90 Å². The Morgan fingerprint density at radius 1 is 1.19 bits per heavy atom. The summed E-state index contributed by atoms with van der Waals surface area (Å²) in [5.74, 6) is -3.93. The van der Waals surface area contributed by atoms with E-state index < -0.39 is 35.5 Å². The summed E-state index contributed by atoms with van der Waals surface area (Å²) in [6, 6.07) is 4.01. The van der Waals surface area contributed by atoms with E-state index in [1.807, 2.05) is 26.8 Å². The third kappa shape index (κ3) is 3.72. The van der Waals surface area contributed by atoms with Gasteiger partial charge in [0, 0.05) is 24.9 Å². The molecular formula is C24H32N8O5. The van der Waals surface area contributed by atoms with Gasteiger partial charge in [-0.3, -0.25) is 19.3 Å². The summed E-state index contributed by atoms with van der Waals surface area (Å²) in [5, 5.41) is 28.7. The van der Waals surface area contributed by atoms with Crippen molar-refractivity contribution < 1.29 is 24.6 Å². The van der Waals surface area contributed by atoms with Crippen molar-refractivity contribution in [1.29, 1.82) is 0 Å². The van der Waals surface area contributed by atoms with E-state index in [0.29, 0.717) is 5.56 Å². The van der Waals surface area contributed by atoms with Crippen molar-refractivity contribution in [3.05, 3.63) is 35.4 Å². The molecular weight excluding hydrogens is 480 g/mol. The first-order valence-corrected chi connectivity index (χ1v) is 12.2. The van der Waals surface area contributed by atoms with Crippen LogP contribution in [0.25, 0.3) is 0 Å². The molecule has 5 rings (SSSR count). The first-order chi connectivity index (χ1) is 17.3. The lowest BCUT2D eigenvalue weighted by molar-refractivity contribution is -0.230. The maximum absolute atomic E-state index is 13.2. The van der Waals surface area contributed by atoms with Gasteiger partial charge in [-0.05, 0) is 23.1 Å². The topological polar surface area (TPSA) is 199 Å². The van der Waals surface area contributed by atoms with Crippen molar-refractivity contribution in [3.63, 3.8) is 0 Å². The SMILES string of the molecule is CC(C)(C)c1cccc(C(=O)N[C@H]2CN3C(N)=N[C@@H](CN4C(=O)CCC4=O)[C@@H]4N=C(N)N[C@@]43C2(O)O)c1. The molecule has 0 unspecified atom stereocenters. The van der Waals surface area contributed by atoms with Gasteiger partial charge in [-0.1, -0.05) is 32.9 Å². The van der Waals surface area contributed by atoms with E-state index in [2.05, 4.69) is 20.6 Å². The van der Waals surface area contributed by atoms with E-state index in [1.54, 1.807) is 18.2 Å². The lowest BCUT2D eigenvalue weighted by atomic mass is 9.84. The Morgan fingerprint density at radius 2 is 1.86 bits per heavy atom. The number of hydrogen-bond acceptors (Lipinski definition) is 11. The van der Waals surface area contributed by atoms with Crippen LogP contribution in [-0.2, 0) is 15.0 Å². The number of carbonyl (C=O) groups is 3. The second-order valence-electron chi connectivity index (χ2n) is 11.0. The fourth-order valence-electron chi connectivity index (χ4n) is 5.62. The molecule has 2 saturated heterocycles. The summed E-state index contributed by atoms with van der Waals surface area (Å²) in [6.07, 6.45) is 0.204. The van der Waals surface area contributed by atoms with Crippen molar-refractivity contribution in [2.24, 2.45) is 21.5 Å². The van der Waals surface area contributed by atoms with E-state index in [9.17, 15) is 24.6 Å². The van der Waals surface area contributed by atoms with Gasteiger partial charge in [0.25, 0.3) is 5.91 Å². The average molecular weight is 513 g/mol. The predicted molar refractivity (Wildman–Crippen MR) is 133 cm³/mol. The number of guanidine groups is 2. The Balaban J connectivity index is 1.45. The van der Waals surface area contributed by atoms with E-state index in [4.69, 9.17) is 11.5 Å². The summed E-state index contributed by atoms with van der Waals surface area (Å²) in [5.41, 5.74) is 11.6. The second-order valence-corrected chi connectivity index (χ2v) is 11.0. The number of carbonyl (C=O) groups excluding carboxylic acids is 3. The van der Waals surface area contributed by atoms with Gasteiger partial charge in [0.15, 0.2) is 17.6 Å². The second kappa shape index (κ2) is 8.15. The Hall–Kier alpha value is -3.71. The molecule has 4 atom stereocenters. The van der Waals surface area contributed by atoms with Crippen LogP contribution in [-0.4, -0.2) is 92.3 Å². The third-order valence-corrected chi connectivity index (χ3v) is 7.62. The Morgan fingerprint density at radius 3 is 2.51 bits per heavy atom. The van der Waals surface area contributed by atoms with Crippen molar-refractivity contribution in [2.75, 3.05) is 13.1 Å². The lowest BCUT2D eigenvalue weighted by Gasteiger charge is -2.49. The molecule has 1 aromatic rings. The van der Waals surface area contributed by atoms with Gasteiger partial charge in [0.1, 0.15) is 12.1 Å². The molecule has 4 aliphatic heterocycles. The summed E-state index contributed by atoms with van der Waals surface area (Å²) in [7, 11) is 0. The number of nitrogens with two attached hydrogens (primary N) is 2. The minimum absolute atomic E-state index is 0.0586. The molecule has 0 radical (unpaired) electrons. The van der Waals surface area contributed by atoms with Gasteiger partial charge in [-0.15, -0.1) is 0 Å². The summed E-state index contributed by atoms with van der Waals surface area (Å²) >= 11 is 0. The maximum Gasteiger partial charge on any atom is 0.251 e. The molecule has 1 spiro atoms. The van der Waals surface area contributed by atoms with Crippen LogP contribution in [0.4, 0.5) is 0 Å². The number of benzene rings is 1. The highest BCUT2D eigenvalue weighted by atomic mass is 16.5. The number of rotatable bonds is 4. The molecule has 0 aromatic heterocycles. The standard InChI is InChI=1S/C24H32N8O5/c1-22(2,3)13-6-4-5-12(9-13)19(35)28-15-11-32-21(26)27-14(10-31-16(33)7-8-17(31)34)18-23(32,24(15,36)37)30-20(25)29-18/h4-6,9,14-15,18,36-37H,7-8,10-11H2,1-3H3,(H2,26,27)(H,28,35)(H3,25,29,30)/t14-,15-,18-,23-/m0/s1. The Labute approximate surface area is 213 Å². The van der Waals surface area contributed by atoms with Crippen molar-refractivity contribution in [3.8, 4) is 0 Å². The molecule has 198 valence electrons. The number of aliphatic imine (C=N–C) groups is 2. The molecule has 4 aliphatic rings. The average Bonchev–Trinajstić information content (AvgIpc) is 3.41. The van der Waals surface area contributed by atoms with Crippen LogP contribution < -0.4 is 22.1 Å². The first-order valence-electron chi connectivity index (χ1n) is 12.2. The molecule has 13 nitrogen and oxygen atoms in total. The minimum atomic E-state index is -2.61. The normalized spacial score (nSPS) is 30.5. The quantitative estimate of drug-likeness (QED) is 0.193. The number of nitrogens with zero attached hydrogens (tertiary/aromatic N) is 4. The van der Waals surface area contributed by atoms with Crippen LogP contribution in [0, 0.1) is 0 Å². The number of imide groups is 1. The van der Waals surface area contributed by atoms with Crippen LogP contribution in [0.15, 0.2) is 34.3 Å². The molecule has 37 heavy (non-hydrogen) atoms. The smallest absolute Gasteiger partial charge is 0.251 e. The van der Waals surface area contributed by atoms with Gasteiger partial charge in [-0.2, -0.15) is 0 Å². The van der Waals surface area contributed by atoms with Crippen LogP contribution in [0.2, 0.25) is 0 Å². The van der Waals surface area contributed by atoms with Gasteiger partial charge in [0.2, 0.25) is 17.6 Å². The summed E-state index contributed by atoms with van der Waals surface area (Å²) in [4.78, 5) is 49.0. The molecule has 2 fully saturated rings. The molecule has 1 aromatic carbocycles. The molecule has 13 heteroatoms.